The summed E-state index contributed by atoms with van der Waals surface area (Å²) in [4.78, 5) is 42.5. The number of esters is 1. The van der Waals surface area contributed by atoms with E-state index in [0.29, 0.717) is 60.9 Å². The second kappa shape index (κ2) is 12.8. The largest absolute Gasteiger partial charge is 0.494 e. The molecule has 0 bridgehead atoms. The van der Waals surface area contributed by atoms with Gasteiger partial charge in [-0.3, -0.25) is 9.59 Å². The number of carbonyl (C=O) groups is 3. The standard InChI is InChI=1S/C30H33N3O5/c1-3-19-38-25-12-8-11-23(20-25)28(34)31-26-21-24(30(36)37-4-2)13-14-27(26)32-15-17-33(18-16-32)29(35)22-9-6-5-7-10-22/h5-14,20-21H,3-4,15-19H2,1-2H3,(H,31,34). The molecule has 3 aromatic rings. The van der Waals surface area contributed by atoms with Gasteiger partial charge in [0.05, 0.1) is 30.2 Å². The average molecular weight is 516 g/mol. The van der Waals surface area contributed by atoms with Crippen LogP contribution in [0.1, 0.15) is 51.3 Å². The molecule has 0 atom stereocenters. The Morgan fingerprint density at radius 3 is 2.26 bits per heavy atom. The fourth-order valence-corrected chi connectivity index (χ4v) is 4.31. The van der Waals surface area contributed by atoms with E-state index in [4.69, 9.17) is 9.47 Å². The van der Waals surface area contributed by atoms with Crippen LogP contribution in [0.4, 0.5) is 11.4 Å². The number of hydrogen-bond acceptors (Lipinski definition) is 6. The summed E-state index contributed by atoms with van der Waals surface area (Å²) in [6, 6.07) is 21.4. The van der Waals surface area contributed by atoms with E-state index in [2.05, 4.69) is 10.2 Å². The third kappa shape index (κ3) is 6.51. The fraction of sp³-hybridized carbons (Fsp3) is 0.300. The van der Waals surface area contributed by atoms with Crippen molar-refractivity contribution >= 4 is 29.2 Å². The molecule has 1 saturated heterocycles. The smallest absolute Gasteiger partial charge is 0.338 e. The van der Waals surface area contributed by atoms with E-state index in [9.17, 15) is 14.4 Å². The fourth-order valence-electron chi connectivity index (χ4n) is 4.31. The van der Waals surface area contributed by atoms with Crippen LogP contribution >= 0.6 is 0 Å². The summed E-state index contributed by atoms with van der Waals surface area (Å²) in [5.74, 6) is -0.143. The number of amides is 2. The third-order valence-corrected chi connectivity index (χ3v) is 6.25. The average Bonchev–Trinajstić information content (AvgIpc) is 2.96. The van der Waals surface area contributed by atoms with Crippen LogP contribution in [0.25, 0.3) is 0 Å². The molecular formula is C30H33N3O5. The first-order valence-electron chi connectivity index (χ1n) is 12.9. The summed E-state index contributed by atoms with van der Waals surface area (Å²) in [5, 5.41) is 2.98. The number of nitrogens with one attached hydrogen (secondary N) is 1. The van der Waals surface area contributed by atoms with Crippen LogP contribution in [-0.2, 0) is 4.74 Å². The Labute approximate surface area is 223 Å². The van der Waals surface area contributed by atoms with E-state index in [-0.39, 0.29) is 18.4 Å². The molecule has 8 nitrogen and oxygen atoms in total. The maximum atomic E-state index is 13.2. The number of carbonyl (C=O) groups excluding carboxylic acids is 3. The van der Waals surface area contributed by atoms with Crippen molar-refractivity contribution in [1.29, 1.82) is 0 Å². The normalized spacial score (nSPS) is 13.1. The number of ether oxygens (including phenoxy) is 2. The number of nitrogens with zero attached hydrogens (tertiary/aromatic N) is 2. The van der Waals surface area contributed by atoms with Gasteiger partial charge in [0, 0.05) is 37.3 Å². The molecule has 2 amide bonds. The monoisotopic (exact) mass is 515 g/mol. The summed E-state index contributed by atoms with van der Waals surface area (Å²) in [6.45, 7) is 6.83. The van der Waals surface area contributed by atoms with Crippen molar-refractivity contribution in [1.82, 2.24) is 4.90 Å². The van der Waals surface area contributed by atoms with Crippen molar-refractivity contribution in [3.8, 4) is 5.75 Å². The van der Waals surface area contributed by atoms with E-state index in [1.165, 1.54) is 0 Å². The van der Waals surface area contributed by atoms with Gasteiger partial charge in [-0.1, -0.05) is 31.2 Å². The van der Waals surface area contributed by atoms with Gasteiger partial charge in [-0.05, 0) is 61.9 Å². The Bertz CT molecular complexity index is 1270. The highest BCUT2D eigenvalue weighted by molar-refractivity contribution is 6.07. The number of hydrogen-bond donors (Lipinski definition) is 1. The molecule has 1 heterocycles. The van der Waals surface area contributed by atoms with Gasteiger partial charge in [0.1, 0.15) is 5.75 Å². The second-order valence-electron chi connectivity index (χ2n) is 8.93. The quantitative estimate of drug-likeness (QED) is 0.409. The second-order valence-corrected chi connectivity index (χ2v) is 8.93. The van der Waals surface area contributed by atoms with Gasteiger partial charge in [0.2, 0.25) is 0 Å². The summed E-state index contributed by atoms with van der Waals surface area (Å²) in [6.07, 6.45) is 0.866. The van der Waals surface area contributed by atoms with Gasteiger partial charge in [0.15, 0.2) is 0 Å². The van der Waals surface area contributed by atoms with Gasteiger partial charge in [-0.2, -0.15) is 0 Å². The lowest BCUT2D eigenvalue weighted by atomic mass is 10.1. The Hall–Kier alpha value is -4.33. The zero-order chi connectivity index (χ0) is 26.9. The van der Waals surface area contributed by atoms with E-state index in [1.807, 2.05) is 54.3 Å². The molecule has 3 aromatic carbocycles. The lowest BCUT2D eigenvalue weighted by Crippen LogP contribution is -2.49. The van der Waals surface area contributed by atoms with E-state index in [0.717, 1.165) is 12.1 Å². The van der Waals surface area contributed by atoms with Crippen molar-refractivity contribution < 1.29 is 23.9 Å². The van der Waals surface area contributed by atoms with Crippen LogP contribution in [0.15, 0.2) is 72.8 Å². The lowest BCUT2D eigenvalue weighted by Gasteiger charge is -2.37. The molecule has 1 aliphatic rings. The first-order valence-corrected chi connectivity index (χ1v) is 12.9. The molecule has 0 aromatic heterocycles. The minimum absolute atomic E-state index is 0.00149. The van der Waals surface area contributed by atoms with Gasteiger partial charge in [0.25, 0.3) is 11.8 Å². The molecule has 38 heavy (non-hydrogen) atoms. The van der Waals surface area contributed by atoms with Crippen LogP contribution in [0.3, 0.4) is 0 Å². The van der Waals surface area contributed by atoms with Gasteiger partial charge in [-0.25, -0.2) is 4.79 Å². The number of benzene rings is 3. The van der Waals surface area contributed by atoms with Gasteiger partial charge in [-0.15, -0.1) is 0 Å². The summed E-state index contributed by atoms with van der Waals surface area (Å²) >= 11 is 0. The van der Waals surface area contributed by atoms with Crippen molar-refractivity contribution in [3.05, 3.63) is 89.5 Å². The van der Waals surface area contributed by atoms with E-state index in [1.54, 1.807) is 37.3 Å². The molecule has 4 rings (SSSR count). The topological polar surface area (TPSA) is 88.2 Å². The van der Waals surface area contributed by atoms with Crippen molar-refractivity contribution in [2.45, 2.75) is 20.3 Å². The minimum Gasteiger partial charge on any atom is -0.494 e. The van der Waals surface area contributed by atoms with Crippen LogP contribution < -0.4 is 15.0 Å². The van der Waals surface area contributed by atoms with Crippen molar-refractivity contribution in [3.63, 3.8) is 0 Å². The predicted molar refractivity (Wildman–Crippen MR) is 147 cm³/mol. The van der Waals surface area contributed by atoms with Crippen LogP contribution in [-0.4, -0.2) is 62.1 Å². The Kier molecular flexibility index (Phi) is 8.98. The molecule has 0 saturated carbocycles. The molecule has 198 valence electrons. The van der Waals surface area contributed by atoms with Crippen LogP contribution in [0.5, 0.6) is 5.75 Å². The molecule has 0 spiro atoms. The molecule has 0 radical (unpaired) electrons. The first-order chi connectivity index (χ1) is 18.5. The van der Waals surface area contributed by atoms with Crippen LogP contribution in [0.2, 0.25) is 0 Å². The molecular weight excluding hydrogens is 482 g/mol. The lowest BCUT2D eigenvalue weighted by molar-refractivity contribution is 0.0526. The minimum atomic E-state index is -0.456. The maximum Gasteiger partial charge on any atom is 0.338 e. The van der Waals surface area contributed by atoms with Crippen LogP contribution in [0, 0.1) is 0 Å². The molecule has 1 fully saturated rings. The predicted octanol–water partition coefficient (Wildman–Crippen LogP) is 4.87. The number of rotatable bonds is 9. The zero-order valence-electron chi connectivity index (χ0n) is 21.8. The number of piperazine rings is 1. The van der Waals surface area contributed by atoms with Gasteiger partial charge >= 0.3 is 5.97 Å². The molecule has 8 heteroatoms. The first kappa shape index (κ1) is 26.7. The third-order valence-electron chi connectivity index (χ3n) is 6.25. The SMILES string of the molecule is CCCOc1cccc(C(=O)Nc2cc(C(=O)OCC)ccc2N2CCN(C(=O)c3ccccc3)CC2)c1. The Balaban J connectivity index is 1.54. The highest BCUT2D eigenvalue weighted by Crippen LogP contribution is 2.30. The molecule has 1 N–H and O–H groups in total. The number of anilines is 2. The highest BCUT2D eigenvalue weighted by atomic mass is 16.5. The molecule has 1 aliphatic heterocycles. The van der Waals surface area contributed by atoms with Crippen molar-refractivity contribution in [2.75, 3.05) is 49.6 Å². The van der Waals surface area contributed by atoms with E-state index < -0.39 is 5.97 Å². The zero-order valence-corrected chi connectivity index (χ0v) is 21.8. The summed E-state index contributed by atoms with van der Waals surface area (Å²) in [5.41, 5.74) is 2.74. The summed E-state index contributed by atoms with van der Waals surface area (Å²) in [7, 11) is 0. The van der Waals surface area contributed by atoms with Gasteiger partial charge < -0.3 is 24.6 Å². The summed E-state index contributed by atoms with van der Waals surface area (Å²) < 4.78 is 10.8. The Morgan fingerprint density at radius 2 is 1.55 bits per heavy atom. The van der Waals surface area contributed by atoms with E-state index >= 15 is 0 Å². The molecule has 0 aliphatic carbocycles. The van der Waals surface area contributed by atoms with Crippen molar-refractivity contribution in [2.24, 2.45) is 0 Å². The maximum absolute atomic E-state index is 13.2. The highest BCUT2D eigenvalue weighted by Gasteiger charge is 2.25. The molecule has 0 unspecified atom stereocenters. The Morgan fingerprint density at radius 1 is 0.816 bits per heavy atom.